The molecule has 35 heavy (non-hydrogen) atoms. The van der Waals surface area contributed by atoms with Gasteiger partial charge < -0.3 is 0 Å². The topological polar surface area (TPSA) is 63.6 Å². The molecular formula is C30H60O4S. The first-order valence-corrected chi connectivity index (χ1v) is 16.7. The molecule has 0 aromatic carbocycles. The molecule has 0 fully saturated rings. The van der Waals surface area contributed by atoms with E-state index < -0.39 is 10.4 Å². The molecule has 1 N–H and O–H groups in total. The van der Waals surface area contributed by atoms with E-state index in [0.29, 0.717) is 0 Å². The molecule has 0 amide bonds. The highest BCUT2D eigenvalue weighted by Gasteiger charge is 2.16. The van der Waals surface area contributed by atoms with Gasteiger partial charge in [0, 0.05) is 0 Å². The summed E-state index contributed by atoms with van der Waals surface area (Å²) in [5, 5.41) is 0. The van der Waals surface area contributed by atoms with Crippen molar-refractivity contribution in [2.45, 2.75) is 180 Å². The highest BCUT2D eigenvalue weighted by atomic mass is 32.3. The van der Waals surface area contributed by atoms with Gasteiger partial charge in [-0.3, -0.25) is 4.55 Å². The van der Waals surface area contributed by atoms with Crippen molar-refractivity contribution in [2.24, 2.45) is 0 Å². The van der Waals surface area contributed by atoms with Gasteiger partial charge in [0.1, 0.15) is 0 Å². The van der Waals surface area contributed by atoms with Crippen LogP contribution in [0.25, 0.3) is 0 Å². The Labute approximate surface area is 220 Å². The summed E-state index contributed by atoms with van der Waals surface area (Å²) < 4.78 is 36.5. The van der Waals surface area contributed by atoms with Crippen LogP contribution < -0.4 is 0 Å². The molecule has 0 heterocycles. The fraction of sp³-hybridized carbons (Fsp3) is 0.933. The molecular weight excluding hydrogens is 456 g/mol. The fourth-order valence-corrected chi connectivity index (χ4v) is 5.25. The molecule has 5 heteroatoms. The third kappa shape index (κ3) is 29.7. The van der Waals surface area contributed by atoms with Crippen molar-refractivity contribution in [3.8, 4) is 0 Å². The van der Waals surface area contributed by atoms with Gasteiger partial charge in [-0.1, -0.05) is 148 Å². The number of rotatable bonds is 28. The first kappa shape index (κ1) is 34.6. The van der Waals surface area contributed by atoms with Gasteiger partial charge in [-0.15, -0.1) is 0 Å². The van der Waals surface area contributed by atoms with Gasteiger partial charge in [-0.2, -0.15) is 8.42 Å². The number of allylic oxidation sites excluding steroid dienone is 2. The lowest BCUT2D eigenvalue weighted by Crippen LogP contribution is -2.18. The van der Waals surface area contributed by atoms with E-state index in [-0.39, 0.29) is 6.10 Å². The van der Waals surface area contributed by atoms with Crippen LogP contribution in [0.1, 0.15) is 174 Å². The van der Waals surface area contributed by atoms with Gasteiger partial charge in [0.15, 0.2) is 0 Å². The monoisotopic (exact) mass is 516 g/mol. The highest BCUT2D eigenvalue weighted by Crippen LogP contribution is 2.18. The largest absolute Gasteiger partial charge is 0.397 e. The lowest BCUT2D eigenvalue weighted by molar-refractivity contribution is 0.157. The van der Waals surface area contributed by atoms with Crippen LogP contribution in [-0.4, -0.2) is 19.1 Å². The smallest absolute Gasteiger partial charge is 0.264 e. The highest BCUT2D eigenvalue weighted by molar-refractivity contribution is 7.80. The first-order valence-electron chi connectivity index (χ1n) is 15.3. The number of hydrogen-bond acceptors (Lipinski definition) is 3. The summed E-state index contributed by atoms with van der Waals surface area (Å²) in [4.78, 5) is 0. The van der Waals surface area contributed by atoms with E-state index in [1.54, 1.807) is 0 Å². The average molecular weight is 517 g/mol. The third-order valence-electron chi connectivity index (χ3n) is 6.93. The summed E-state index contributed by atoms with van der Waals surface area (Å²) in [6, 6.07) is 0. The van der Waals surface area contributed by atoms with Gasteiger partial charge in [-0.25, -0.2) is 4.18 Å². The average Bonchev–Trinajstić information content (AvgIpc) is 2.81. The van der Waals surface area contributed by atoms with Crippen molar-refractivity contribution < 1.29 is 17.2 Å². The zero-order chi connectivity index (χ0) is 25.9. The minimum atomic E-state index is -4.36. The standard InChI is InChI=1S/C30H60O4S/c1-3-5-7-9-11-13-15-16-17-18-19-21-23-25-27-29-30(34-35(31,32)33)28-26-24-22-20-14-12-10-8-6-4-2/h16-17,30H,3-15,18-29H2,1-2H3,(H,31,32,33)/b17-16-. The minimum absolute atomic E-state index is 0.371. The van der Waals surface area contributed by atoms with Crippen LogP contribution >= 0.6 is 0 Å². The second kappa shape index (κ2) is 26.7. The molecule has 0 radical (unpaired) electrons. The van der Waals surface area contributed by atoms with Crippen molar-refractivity contribution in [3.05, 3.63) is 12.2 Å². The Bertz CT molecular complexity index is 545. The lowest BCUT2D eigenvalue weighted by atomic mass is 10.0. The lowest BCUT2D eigenvalue weighted by Gasteiger charge is -2.15. The Hall–Kier alpha value is -0.390. The van der Waals surface area contributed by atoms with Crippen LogP contribution in [0.5, 0.6) is 0 Å². The van der Waals surface area contributed by atoms with Crippen molar-refractivity contribution in [1.82, 2.24) is 0 Å². The molecule has 210 valence electrons. The molecule has 1 unspecified atom stereocenters. The summed E-state index contributed by atoms with van der Waals surface area (Å²) in [6.45, 7) is 4.51. The van der Waals surface area contributed by atoms with Crippen LogP contribution in [-0.2, 0) is 14.6 Å². The Morgan fingerprint density at radius 3 is 1.20 bits per heavy atom. The second-order valence-corrected chi connectivity index (χ2v) is 11.5. The van der Waals surface area contributed by atoms with Crippen molar-refractivity contribution in [3.63, 3.8) is 0 Å². The van der Waals surface area contributed by atoms with E-state index in [1.165, 1.54) is 122 Å². The predicted molar refractivity (Wildman–Crippen MR) is 152 cm³/mol. The summed E-state index contributed by atoms with van der Waals surface area (Å²) in [5.74, 6) is 0. The molecule has 0 saturated heterocycles. The molecule has 0 aliphatic rings. The van der Waals surface area contributed by atoms with Crippen molar-refractivity contribution in [2.75, 3.05) is 0 Å². The molecule has 0 spiro atoms. The van der Waals surface area contributed by atoms with Crippen LogP contribution in [0, 0.1) is 0 Å². The molecule has 1 atom stereocenters. The van der Waals surface area contributed by atoms with Crippen LogP contribution in [0.3, 0.4) is 0 Å². The third-order valence-corrected chi connectivity index (χ3v) is 7.44. The van der Waals surface area contributed by atoms with E-state index in [1.807, 2.05) is 0 Å². The van der Waals surface area contributed by atoms with E-state index in [9.17, 15) is 8.42 Å². The summed E-state index contributed by atoms with van der Waals surface area (Å²) in [5.41, 5.74) is 0. The maximum atomic E-state index is 11.2. The first-order chi connectivity index (χ1) is 17.0. The predicted octanol–water partition coefficient (Wildman–Crippen LogP) is 10.5. The molecule has 4 nitrogen and oxygen atoms in total. The molecule has 0 saturated carbocycles. The quantitative estimate of drug-likeness (QED) is 0.0638. The summed E-state index contributed by atoms with van der Waals surface area (Å²) >= 11 is 0. The van der Waals surface area contributed by atoms with Crippen LogP contribution in [0.2, 0.25) is 0 Å². The molecule has 0 aromatic heterocycles. The maximum absolute atomic E-state index is 11.2. The van der Waals surface area contributed by atoms with Gasteiger partial charge in [0.25, 0.3) is 0 Å². The molecule has 0 aliphatic carbocycles. The van der Waals surface area contributed by atoms with E-state index in [0.717, 1.165) is 38.5 Å². The Kier molecular flexibility index (Phi) is 26.4. The maximum Gasteiger partial charge on any atom is 0.397 e. The van der Waals surface area contributed by atoms with E-state index in [2.05, 4.69) is 26.0 Å². The van der Waals surface area contributed by atoms with Gasteiger partial charge in [0.05, 0.1) is 6.10 Å². The van der Waals surface area contributed by atoms with Crippen molar-refractivity contribution >= 4 is 10.4 Å². The number of unbranched alkanes of at least 4 members (excludes halogenated alkanes) is 20. The van der Waals surface area contributed by atoms with Gasteiger partial charge in [-0.05, 0) is 38.5 Å². The Balaban J connectivity index is 3.69. The second-order valence-electron chi connectivity index (χ2n) is 10.5. The Morgan fingerprint density at radius 1 is 0.543 bits per heavy atom. The normalized spacial score (nSPS) is 13.1. The van der Waals surface area contributed by atoms with Crippen molar-refractivity contribution in [1.29, 1.82) is 0 Å². The number of hydrogen-bond donors (Lipinski definition) is 1. The molecule has 0 bridgehead atoms. The SMILES string of the molecule is CCCCCCCC/C=C\CCCCCCCC(CCCCCCCCCCCC)OS(=O)(=O)O. The van der Waals surface area contributed by atoms with E-state index >= 15 is 0 Å². The molecule has 0 aromatic rings. The summed E-state index contributed by atoms with van der Waals surface area (Å²) in [7, 11) is -4.36. The minimum Gasteiger partial charge on any atom is -0.264 e. The van der Waals surface area contributed by atoms with Crippen LogP contribution in [0.4, 0.5) is 0 Å². The fourth-order valence-electron chi connectivity index (χ4n) is 4.71. The zero-order valence-corrected chi connectivity index (χ0v) is 24.3. The van der Waals surface area contributed by atoms with Gasteiger partial charge >= 0.3 is 10.4 Å². The molecule has 0 aliphatic heterocycles. The Morgan fingerprint density at radius 2 is 0.857 bits per heavy atom. The van der Waals surface area contributed by atoms with Crippen LogP contribution in [0.15, 0.2) is 12.2 Å². The molecule has 0 rings (SSSR count). The van der Waals surface area contributed by atoms with E-state index in [4.69, 9.17) is 8.74 Å². The summed E-state index contributed by atoms with van der Waals surface area (Å²) in [6.07, 6.45) is 34.6. The zero-order valence-electron chi connectivity index (χ0n) is 23.5. The van der Waals surface area contributed by atoms with Gasteiger partial charge in [0.2, 0.25) is 0 Å².